The maximum Gasteiger partial charge on any atom is 0.264 e. The number of nitrogens with zero attached hydrogens (tertiary/aromatic N) is 2. The Morgan fingerprint density at radius 2 is 1.55 bits per heavy atom. The number of hydrogen-bond acceptors (Lipinski definition) is 4. The van der Waals surface area contributed by atoms with Gasteiger partial charge in [0, 0.05) is 18.1 Å². The highest BCUT2D eigenvalue weighted by atomic mass is 35.5. The van der Waals surface area contributed by atoms with E-state index in [2.05, 4.69) is 5.32 Å². The van der Waals surface area contributed by atoms with Crippen LogP contribution in [0.2, 0.25) is 5.02 Å². The Morgan fingerprint density at radius 3 is 2.13 bits per heavy atom. The minimum atomic E-state index is -4.09. The molecule has 0 unspecified atom stereocenters. The molecule has 0 aliphatic heterocycles. The molecule has 0 aliphatic rings. The standard InChI is InChI=1S/C29H34ClN3O4S/c1-5-15-31-29(35)23(4)32(19-24-11-13-25(30)14-12-24)28(34)20-33(26-17-21(2)16-22(3)18-26)38(36,37)27-9-7-6-8-10-27/h6-14,16-18,23H,5,15,19-20H2,1-4H3,(H,31,35)/t23-/m0/s1. The predicted octanol–water partition coefficient (Wildman–Crippen LogP) is 5.10. The van der Waals surface area contributed by atoms with Crippen molar-refractivity contribution in [1.82, 2.24) is 10.2 Å². The van der Waals surface area contributed by atoms with Crippen molar-refractivity contribution in [2.24, 2.45) is 0 Å². The molecule has 38 heavy (non-hydrogen) atoms. The van der Waals surface area contributed by atoms with Gasteiger partial charge in [0.2, 0.25) is 11.8 Å². The molecule has 0 fully saturated rings. The van der Waals surface area contributed by atoms with E-state index in [1.807, 2.05) is 26.8 Å². The first kappa shape index (κ1) is 29.2. The van der Waals surface area contributed by atoms with Gasteiger partial charge in [-0.25, -0.2) is 8.42 Å². The fourth-order valence-electron chi connectivity index (χ4n) is 4.11. The number of sulfonamides is 1. The second-order valence-electron chi connectivity index (χ2n) is 9.29. The summed E-state index contributed by atoms with van der Waals surface area (Å²) in [5.41, 5.74) is 2.88. The second kappa shape index (κ2) is 12.9. The number of halogens is 1. The summed E-state index contributed by atoms with van der Waals surface area (Å²) in [5.74, 6) is -0.809. The Balaban J connectivity index is 2.03. The molecule has 0 spiro atoms. The molecule has 202 valence electrons. The van der Waals surface area contributed by atoms with E-state index in [0.29, 0.717) is 17.3 Å². The van der Waals surface area contributed by atoms with E-state index in [9.17, 15) is 18.0 Å². The number of hydrogen-bond donors (Lipinski definition) is 1. The highest BCUT2D eigenvalue weighted by Crippen LogP contribution is 2.26. The Bertz CT molecular complexity index is 1340. The Labute approximate surface area is 230 Å². The predicted molar refractivity (Wildman–Crippen MR) is 152 cm³/mol. The fourth-order valence-corrected chi connectivity index (χ4v) is 5.65. The van der Waals surface area contributed by atoms with Gasteiger partial charge < -0.3 is 10.2 Å². The van der Waals surface area contributed by atoms with Crippen LogP contribution in [0.15, 0.2) is 77.7 Å². The fraction of sp³-hybridized carbons (Fsp3) is 0.310. The molecule has 0 saturated carbocycles. The van der Waals surface area contributed by atoms with Gasteiger partial charge in [-0.3, -0.25) is 13.9 Å². The van der Waals surface area contributed by atoms with Gasteiger partial charge in [-0.05, 0) is 80.3 Å². The minimum absolute atomic E-state index is 0.0740. The van der Waals surface area contributed by atoms with Crippen molar-refractivity contribution < 1.29 is 18.0 Å². The lowest BCUT2D eigenvalue weighted by molar-refractivity contribution is -0.139. The zero-order chi connectivity index (χ0) is 27.9. The van der Waals surface area contributed by atoms with Gasteiger partial charge >= 0.3 is 0 Å². The van der Waals surface area contributed by atoms with Crippen molar-refractivity contribution in [2.45, 2.75) is 51.6 Å². The molecule has 1 N–H and O–H groups in total. The third kappa shape index (κ3) is 7.36. The van der Waals surface area contributed by atoms with Crippen LogP contribution >= 0.6 is 11.6 Å². The second-order valence-corrected chi connectivity index (χ2v) is 11.6. The van der Waals surface area contributed by atoms with Crippen LogP contribution in [-0.4, -0.2) is 44.3 Å². The first-order valence-corrected chi connectivity index (χ1v) is 14.3. The molecule has 7 nitrogen and oxygen atoms in total. The van der Waals surface area contributed by atoms with Gasteiger partial charge in [0.25, 0.3) is 10.0 Å². The first-order chi connectivity index (χ1) is 18.0. The lowest BCUT2D eigenvalue weighted by Crippen LogP contribution is -2.51. The van der Waals surface area contributed by atoms with Crippen LogP contribution < -0.4 is 9.62 Å². The molecule has 0 aliphatic carbocycles. The van der Waals surface area contributed by atoms with E-state index >= 15 is 0 Å². The zero-order valence-electron chi connectivity index (χ0n) is 22.1. The Kier molecular flexibility index (Phi) is 9.94. The van der Waals surface area contributed by atoms with Crippen LogP contribution in [0.5, 0.6) is 0 Å². The van der Waals surface area contributed by atoms with Gasteiger partial charge in [0.1, 0.15) is 12.6 Å². The highest BCUT2D eigenvalue weighted by molar-refractivity contribution is 7.92. The van der Waals surface area contributed by atoms with E-state index in [1.54, 1.807) is 61.5 Å². The molecule has 0 aromatic heterocycles. The van der Waals surface area contributed by atoms with Crippen LogP contribution in [0, 0.1) is 13.8 Å². The molecule has 2 amide bonds. The molecule has 1 atom stereocenters. The largest absolute Gasteiger partial charge is 0.354 e. The number of amides is 2. The number of aryl methyl sites for hydroxylation is 2. The zero-order valence-corrected chi connectivity index (χ0v) is 23.7. The number of carbonyl (C=O) groups is 2. The monoisotopic (exact) mass is 555 g/mol. The summed E-state index contributed by atoms with van der Waals surface area (Å²) in [6, 6.07) is 19.6. The van der Waals surface area contributed by atoms with Crippen molar-refractivity contribution in [1.29, 1.82) is 0 Å². The van der Waals surface area contributed by atoms with Crippen LogP contribution in [-0.2, 0) is 26.2 Å². The van der Waals surface area contributed by atoms with Gasteiger partial charge in [-0.15, -0.1) is 0 Å². The van der Waals surface area contributed by atoms with Crippen molar-refractivity contribution in [3.8, 4) is 0 Å². The topological polar surface area (TPSA) is 86.8 Å². The SMILES string of the molecule is CCCNC(=O)[C@H](C)N(Cc1ccc(Cl)cc1)C(=O)CN(c1cc(C)cc(C)c1)S(=O)(=O)c1ccccc1. The molecule has 3 aromatic rings. The van der Waals surface area contributed by atoms with Crippen LogP contribution in [0.1, 0.15) is 37.0 Å². The molecular weight excluding hydrogens is 522 g/mol. The van der Waals surface area contributed by atoms with Gasteiger partial charge in [0.05, 0.1) is 10.6 Å². The van der Waals surface area contributed by atoms with E-state index in [1.165, 1.54) is 17.0 Å². The van der Waals surface area contributed by atoms with Gasteiger partial charge in [-0.1, -0.05) is 54.9 Å². The van der Waals surface area contributed by atoms with Crippen LogP contribution in [0.4, 0.5) is 5.69 Å². The normalized spacial score (nSPS) is 12.0. The molecule has 3 aromatic carbocycles. The number of rotatable bonds is 11. The average Bonchev–Trinajstić information content (AvgIpc) is 2.89. The third-order valence-corrected chi connectivity index (χ3v) is 8.13. The van der Waals surface area contributed by atoms with Crippen molar-refractivity contribution in [3.05, 3.63) is 94.5 Å². The molecular formula is C29H34ClN3O4S. The quantitative estimate of drug-likeness (QED) is 0.357. The van der Waals surface area contributed by atoms with Gasteiger partial charge in [-0.2, -0.15) is 0 Å². The summed E-state index contributed by atoms with van der Waals surface area (Å²) in [4.78, 5) is 28.3. The maximum absolute atomic E-state index is 13.9. The summed E-state index contributed by atoms with van der Waals surface area (Å²) in [7, 11) is -4.09. The summed E-state index contributed by atoms with van der Waals surface area (Å²) >= 11 is 6.03. The van der Waals surface area contributed by atoms with Crippen LogP contribution in [0.3, 0.4) is 0 Å². The van der Waals surface area contributed by atoms with E-state index in [-0.39, 0.29) is 17.3 Å². The van der Waals surface area contributed by atoms with Crippen LogP contribution in [0.25, 0.3) is 0 Å². The lowest BCUT2D eigenvalue weighted by Gasteiger charge is -2.32. The molecule has 0 saturated heterocycles. The summed E-state index contributed by atoms with van der Waals surface area (Å²) in [5, 5.41) is 3.38. The molecule has 0 heterocycles. The number of nitrogens with one attached hydrogen (secondary N) is 1. The maximum atomic E-state index is 13.9. The van der Waals surface area contributed by atoms with E-state index < -0.39 is 28.5 Å². The van der Waals surface area contributed by atoms with Gasteiger partial charge in [0.15, 0.2) is 0 Å². The summed E-state index contributed by atoms with van der Waals surface area (Å²) in [6.07, 6.45) is 0.749. The van der Waals surface area contributed by atoms with Crippen molar-refractivity contribution >= 4 is 39.1 Å². The number of carbonyl (C=O) groups excluding carboxylic acids is 2. The minimum Gasteiger partial charge on any atom is -0.354 e. The highest BCUT2D eigenvalue weighted by Gasteiger charge is 2.32. The summed E-state index contributed by atoms with van der Waals surface area (Å²) in [6.45, 7) is 7.45. The molecule has 0 bridgehead atoms. The Morgan fingerprint density at radius 1 is 0.947 bits per heavy atom. The van der Waals surface area contributed by atoms with E-state index in [0.717, 1.165) is 27.4 Å². The number of anilines is 1. The first-order valence-electron chi connectivity index (χ1n) is 12.5. The summed E-state index contributed by atoms with van der Waals surface area (Å²) < 4.78 is 28.8. The molecule has 0 radical (unpaired) electrons. The van der Waals surface area contributed by atoms with Crippen molar-refractivity contribution in [2.75, 3.05) is 17.4 Å². The molecule has 9 heteroatoms. The smallest absolute Gasteiger partial charge is 0.264 e. The Hall–Kier alpha value is -3.36. The van der Waals surface area contributed by atoms with Crippen molar-refractivity contribution in [3.63, 3.8) is 0 Å². The van der Waals surface area contributed by atoms with E-state index in [4.69, 9.17) is 11.6 Å². The molecule has 3 rings (SSSR count). The third-order valence-electron chi connectivity index (χ3n) is 6.09. The lowest BCUT2D eigenvalue weighted by atomic mass is 10.1. The average molecular weight is 556 g/mol. The number of benzene rings is 3.